The first-order valence-corrected chi connectivity index (χ1v) is 22.9. The van der Waals surface area contributed by atoms with Gasteiger partial charge in [-0.05, 0) is 104 Å². The van der Waals surface area contributed by atoms with Gasteiger partial charge in [-0.25, -0.2) is 22.5 Å². The second-order valence-electron chi connectivity index (χ2n) is 17.1. The van der Waals surface area contributed by atoms with Gasteiger partial charge in [0.2, 0.25) is 5.88 Å². The number of ether oxygens (including phenoxy) is 2. The summed E-state index contributed by atoms with van der Waals surface area (Å²) < 4.78 is 56.1. The molecule has 12 nitrogen and oxygen atoms in total. The molecule has 3 aliphatic rings. The van der Waals surface area contributed by atoms with E-state index in [0.717, 1.165) is 68.6 Å². The molecule has 3 aromatic carbocycles. The molecule has 322 valence electrons. The Kier molecular flexibility index (Phi) is 12.6. The summed E-state index contributed by atoms with van der Waals surface area (Å²) in [6, 6.07) is 16.7. The standard InChI is InChI=1S/C45H49Cl2FN6O6S/c1-45(2)14-13-30(37(23-45)29-5-7-31(46)8-6-29)26-53-15-17-54(18-16-53)33-9-12-36(42(21-33)60-41-20-32(48)19-40-38(41)25-50-51-40)43(56)52-61(57,58)35-22-39(47)44(49-24-35)59-27-28-3-10-34(55)11-4-28/h5-9,12,19-22,24-25,28,34,55H,3-4,10-11,13-18,23,26-27H2,1-2H3,(H,50,51)(H,52,56). The zero-order chi connectivity index (χ0) is 42.9. The topological polar surface area (TPSA) is 150 Å². The molecule has 2 fully saturated rings. The van der Waals surface area contributed by atoms with E-state index in [-0.39, 0.29) is 50.3 Å². The van der Waals surface area contributed by atoms with Crippen molar-refractivity contribution in [3.63, 3.8) is 0 Å². The maximum Gasteiger partial charge on any atom is 0.268 e. The molecule has 3 heterocycles. The number of hydrogen-bond donors (Lipinski definition) is 3. The number of nitrogens with one attached hydrogen (secondary N) is 2. The van der Waals surface area contributed by atoms with E-state index in [1.54, 1.807) is 12.1 Å². The first-order chi connectivity index (χ1) is 29.2. The molecular weight excluding hydrogens is 843 g/mol. The molecule has 0 bridgehead atoms. The maximum absolute atomic E-state index is 14.8. The number of aromatic amines is 1. The van der Waals surface area contributed by atoms with Crippen LogP contribution in [0.2, 0.25) is 10.0 Å². The third-order valence-electron chi connectivity index (χ3n) is 12.0. The van der Waals surface area contributed by atoms with Crippen LogP contribution in [0.25, 0.3) is 16.5 Å². The molecule has 8 rings (SSSR count). The van der Waals surface area contributed by atoms with Crippen LogP contribution in [0, 0.1) is 17.2 Å². The largest absolute Gasteiger partial charge is 0.476 e. The van der Waals surface area contributed by atoms with Gasteiger partial charge in [0.15, 0.2) is 0 Å². The van der Waals surface area contributed by atoms with Crippen molar-refractivity contribution in [2.75, 3.05) is 44.2 Å². The molecule has 1 saturated heterocycles. The molecule has 1 aliphatic heterocycles. The van der Waals surface area contributed by atoms with E-state index < -0.39 is 21.7 Å². The number of pyridine rings is 1. The summed E-state index contributed by atoms with van der Waals surface area (Å²) in [5, 5.41) is 17.7. The van der Waals surface area contributed by atoms with Crippen LogP contribution in [0.5, 0.6) is 17.4 Å². The highest BCUT2D eigenvalue weighted by Gasteiger charge is 2.30. The second-order valence-corrected chi connectivity index (χ2v) is 19.6. The fourth-order valence-electron chi connectivity index (χ4n) is 8.47. The number of carbonyl (C=O) groups is 1. The molecule has 5 aromatic rings. The fraction of sp³-hybridized carbons (Fsp3) is 0.400. The van der Waals surface area contributed by atoms with Crippen molar-refractivity contribution in [1.29, 1.82) is 0 Å². The maximum atomic E-state index is 14.8. The van der Waals surface area contributed by atoms with Gasteiger partial charge in [0.1, 0.15) is 27.2 Å². The number of aliphatic hydroxyl groups excluding tert-OH is 1. The number of H-pyrrole nitrogens is 1. The molecule has 0 atom stereocenters. The first kappa shape index (κ1) is 42.9. The Balaban J connectivity index is 0.999. The van der Waals surface area contributed by atoms with Gasteiger partial charge in [0, 0.05) is 55.6 Å². The number of sulfonamides is 1. The van der Waals surface area contributed by atoms with Crippen molar-refractivity contribution in [2.45, 2.75) is 69.8 Å². The number of benzene rings is 3. The average Bonchev–Trinajstić information content (AvgIpc) is 3.71. The number of carbonyl (C=O) groups excluding carboxylic acids is 1. The van der Waals surface area contributed by atoms with Crippen molar-refractivity contribution in [1.82, 2.24) is 24.8 Å². The Morgan fingerprint density at radius 1 is 0.984 bits per heavy atom. The number of hydrogen-bond acceptors (Lipinski definition) is 10. The molecule has 0 radical (unpaired) electrons. The van der Waals surface area contributed by atoms with Gasteiger partial charge in [0.25, 0.3) is 15.9 Å². The molecule has 2 aliphatic carbocycles. The number of aliphatic hydroxyl groups is 1. The minimum Gasteiger partial charge on any atom is -0.476 e. The predicted molar refractivity (Wildman–Crippen MR) is 235 cm³/mol. The van der Waals surface area contributed by atoms with E-state index in [1.807, 2.05) is 12.1 Å². The van der Waals surface area contributed by atoms with Gasteiger partial charge >= 0.3 is 0 Å². The summed E-state index contributed by atoms with van der Waals surface area (Å²) in [5.41, 5.74) is 5.34. The molecule has 16 heteroatoms. The average molecular weight is 892 g/mol. The van der Waals surface area contributed by atoms with Gasteiger partial charge in [-0.2, -0.15) is 5.10 Å². The summed E-state index contributed by atoms with van der Waals surface area (Å²) in [6.45, 7) is 8.82. The lowest BCUT2D eigenvalue weighted by atomic mass is 9.72. The highest BCUT2D eigenvalue weighted by atomic mass is 35.5. The van der Waals surface area contributed by atoms with Crippen molar-refractivity contribution < 1.29 is 32.2 Å². The molecule has 2 aromatic heterocycles. The normalized spacial score (nSPS) is 19.9. The number of allylic oxidation sites excluding steroid dienone is 1. The van der Waals surface area contributed by atoms with Gasteiger partial charge in [-0.1, -0.05) is 54.8 Å². The molecular formula is C45H49Cl2FN6O6S. The first-order valence-electron chi connectivity index (χ1n) is 20.6. The van der Waals surface area contributed by atoms with Gasteiger partial charge < -0.3 is 19.5 Å². The summed E-state index contributed by atoms with van der Waals surface area (Å²) >= 11 is 12.6. The molecule has 0 unspecified atom stereocenters. The van der Waals surface area contributed by atoms with Crippen LogP contribution in [0.1, 0.15) is 74.7 Å². The number of nitrogens with zero attached hydrogens (tertiary/aromatic N) is 4. The predicted octanol–water partition coefficient (Wildman–Crippen LogP) is 9.03. The van der Waals surface area contributed by atoms with E-state index in [1.165, 1.54) is 47.2 Å². The SMILES string of the molecule is CC1(C)CCC(CN2CCN(c3ccc(C(=O)NS(=O)(=O)c4cnc(OCC5CCC(O)CC5)c(Cl)c4)c(Oc4cc(F)cc5[nH]ncc45)c3)CC2)=C(c2ccc(Cl)cc2)C1. The van der Waals surface area contributed by atoms with Crippen molar-refractivity contribution in [3.05, 3.63) is 106 Å². The number of rotatable bonds is 12. The van der Waals surface area contributed by atoms with Crippen LogP contribution in [0.15, 0.2) is 83.5 Å². The Morgan fingerprint density at radius 2 is 1.74 bits per heavy atom. The molecule has 3 N–H and O–H groups in total. The highest BCUT2D eigenvalue weighted by Crippen LogP contribution is 2.44. The highest BCUT2D eigenvalue weighted by molar-refractivity contribution is 7.90. The molecule has 1 amide bonds. The monoisotopic (exact) mass is 890 g/mol. The van der Waals surface area contributed by atoms with Crippen molar-refractivity contribution >= 4 is 61.3 Å². The molecule has 61 heavy (non-hydrogen) atoms. The van der Waals surface area contributed by atoms with Crippen LogP contribution in [-0.4, -0.2) is 84.9 Å². The van der Waals surface area contributed by atoms with Crippen molar-refractivity contribution in [2.24, 2.45) is 11.3 Å². The van der Waals surface area contributed by atoms with E-state index in [9.17, 15) is 22.7 Å². The Morgan fingerprint density at radius 3 is 2.48 bits per heavy atom. The second kappa shape index (κ2) is 17.9. The van der Waals surface area contributed by atoms with Gasteiger partial charge in [-0.15, -0.1) is 0 Å². The summed E-state index contributed by atoms with van der Waals surface area (Å²) in [7, 11) is -4.48. The molecule has 1 saturated carbocycles. The van der Waals surface area contributed by atoms with Crippen LogP contribution in [0.4, 0.5) is 10.1 Å². The van der Waals surface area contributed by atoms with Gasteiger partial charge in [-0.3, -0.25) is 14.8 Å². The van der Waals surface area contributed by atoms with Gasteiger partial charge in [0.05, 0.1) is 41.6 Å². The zero-order valence-electron chi connectivity index (χ0n) is 34.1. The van der Waals surface area contributed by atoms with E-state index in [2.05, 4.69) is 55.7 Å². The fourth-order valence-corrected chi connectivity index (χ4v) is 9.82. The Hall–Kier alpha value is -4.73. The van der Waals surface area contributed by atoms with E-state index >= 15 is 0 Å². The minimum absolute atomic E-state index is 0.0263. The lowest BCUT2D eigenvalue weighted by Crippen LogP contribution is -2.47. The van der Waals surface area contributed by atoms with Crippen LogP contribution >= 0.6 is 23.2 Å². The van der Waals surface area contributed by atoms with Crippen molar-refractivity contribution in [3.8, 4) is 17.4 Å². The summed E-state index contributed by atoms with van der Waals surface area (Å²) in [6.07, 6.45) is 8.42. The molecule has 0 spiro atoms. The lowest BCUT2D eigenvalue weighted by molar-refractivity contribution is 0.0908. The third kappa shape index (κ3) is 10.2. The smallest absolute Gasteiger partial charge is 0.268 e. The number of halogens is 3. The third-order valence-corrected chi connectivity index (χ3v) is 13.9. The zero-order valence-corrected chi connectivity index (χ0v) is 36.4. The van der Waals surface area contributed by atoms with Crippen LogP contribution in [-0.2, 0) is 10.0 Å². The summed E-state index contributed by atoms with van der Waals surface area (Å²) in [4.78, 5) is 22.3. The Labute approximate surface area is 365 Å². The van der Waals surface area contributed by atoms with Crippen LogP contribution < -0.4 is 19.1 Å². The van der Waals surface area contributed by atoms with E-state index in [0.29, 0.717) is 43.4 Å². The Bertz CT molecular complexity index is 2550. The van der Waals surface area contributed by atoms with Crippen LogP contribution in [0.3, 0.4) is 0 Å². The number of anilines is 1. The minimum atomic E-state index is -4.48. The lowest BCUT2D eigenvalue weighted by Gasteiger charge is -2.39. The quantitative estimate of drug-likeness (QED) is 0.111. The number of aromatic nitrogens is 3. The number of piperazine rings is 1. The number of fused-ring (bicyclic) bond motifs is 1. The van der Waals surface area contributed by atoms with E-state index in [4.69, 9.17) is 32.7 Å². The summed E-state index contributed by atoms with van der Waals surface area (Å²) in [5.74, 6) is -1.14. The number of amides is 1.